The highest BCUT2D eigenvalue weighted by atomic mass is 32.2. The van der Waals surface area contributed by atoms with Crippen LogP contribution in [0.3, 0.4) is 0 Å². The Morgan fingerprint density at radius 1 is 1.33 bits per heavy atom. The van der Waals surface area contributed by atoms with Crippen LogP contribution in [0.2, 0.25) is 0 Å². The number of anilines is 1. The van der Waals surface area contributed by atoms with Crippen molar-refractivity contribution >= 4 is 15.7 Å². The zero-order valence-corrected chi connectivity index (χ0v) is 11.4. The molecule has 1 heterocycles. The summed E-state index contributed by atoms with van der Waals surface area (Å²) in [5.41, 5.74) is 0.655. The zero-order valence-electron chi connectivity index (χ0n) is 10.6. The minimum Gasteiger partial charge on any atom is -0.497 e. The molecule has 5 nitrogen and oxygen atoms in total. The van der Waals surface area contributed by atoms with Gasteiger partial charge < -0.3 is 10.1 Å². The molecule has 0 bridgehead atoms. The number of sulfonamides is 1. The van der Waals surface area contributed by atoms with Crippen molar-refractivity contribution < 1.29 is 13.2 Å². The summed E-state index contributed by atoms with van der Waals surface area (Å²) in [6, 6.07) is 7.01. The molecule has 0 radical (unpaired) electrons. The van der Waals surface area contributed by atoms with Crippen LogP contribution in [-0.4, -0.2) is 40.9 Å². The van der Waals surface area contributed by atoms with Crippen LogP contribution in [0, 0.1) is 0 Å². The number of methoxy groups -OCH3 is 1. The van der Waals surface area contributed by atoms with Crippen LogP contribution in [0.4, 0.5) is 5.69 Å². The summed E-state index contributed by atoms with van der Waals surface area (Å²) < 4.78 is 31.1. The van der Waals surface area contributed by atoms with Crippen LogP contribution >= 0.6 is 0 Å². The van der Waals surface area contributed by atoms with E-state index in [0.29, 0.717) is 24.4 Å². The third kappa shape index (κ3) is 2.44. The first-order chi connectivity index (χ1) is 8.55. The lowest BCUT2D eigenvalue weighted by molar-refractivity contribution is 0.415. The van der Waals surface area contributed by atoms with E-state index in [4.69, 9.17) is 4.74 Å². The van der Waals surface area contributed by atoms with Crippen LogP contribution in [0.15, 0.2) is 24.3 Å². The van der Waals surface area contributed by atoms with Crippen LogP contribution < -0.4 is 14.4 Å². The lowest BCUT2D eigenvalue weighted by atomic mass is 10.3. The number of nitrogens with zero attached hydrogens (tertiary/aromatic N) is 1. The highest BCUT2D eigenvalue weighted by Gasteiger charge is 2.32. The van der Waals surface area contributed by atoms with Crippen LogP contribution in [0.1, 0.15) is 6.42 Å². The Kier molecular flexibility index (Phi) is 3.77. The number of rotatable bonds is 4. The van der Waals surface area contributed by atoms with E-state index in [1.165, 1.54) is 4.31 Å². The average Bonchev–Trinajstić information content (AvgIpc) is 2.92. The Morgan fingerprint density at radius 3 is 2.50 bits per heavy atom. The van der Waals surface area contributed by atoms with Gasteiger partial charge in [0.2, 0.25) is 10.0 Å². The van der Waals surface area contributed by atoms with Crippen LogP contribution in [-0.2, 0) is 10.0 Å². The van der Waals surface area contributed by atoms with Gasteiger partial charge in [0.05, 0.1) is 18.0 Å². The fraction of sp³-hybridized carbons (Fsp3) is 0.500. The number of ether oxygens (including phenoxy) is 1. The summed E-state index contributed by atoms with van der Waals surface area (Å²) in [5.74, 6) is 0.715. The van der Waals surface area contributed by atoms with Gasteiger partial charge in [-0.05, 0) is 37.2 Å². The third-order valence-corrected chi connectivity index (χ3v) is 5.47. The fourth-order valence-corrected chi connectivity index (χ4v) is 3.65. The minimum atomic E-state index is -3.28. The van der Waals surface area contributed by atoms with Crippen LogP contribution in [0.5, 0.6) is 5.75 Å². The number of hydrogen-bond acceptors (Lipinski definition) is 4. The molecule has 6 heteroatoms. The highest BCUT2D eigenvalue weighted by Crippen LogP contribution is 2.23. The van der Waals surface area contributed by atoms with E-state index in [1.807, 2.05) is 0 Å². The molecule has 1 fully saturated rings. The van der Waals surface area contributed by atoms with E-state index < -0.39 is 10.0 Å². The SMILES string of the molecule is COc1ccc(N(C)S(=O)(=O)C2CCNC2)cc1. The minimum absolute atomic E-state index is 0.329. The quantitative estimate of drug-likeness (QED) is 0.880. The smallest absolute Gasteiger partial charge is 0.239 e. The first-order valence-electron chi connectivity index (χ1n) is 5.88. The monoisotopic (exact) mass is 270 g/mol. The molecule has 0 saturated carbocycles. The molecule has 1 N–H and O–H groups in total. The molecule has 2 rings (SSSR count). The maximum absolute atomic E-state index is 12.3. The molecule has 0 aromatic heterocycles. The van der Waals surface area contributed by atoms with Gasteiger partial charge in [-0.15, -0.1) is 0 Å². The Bertz CT molecular complexity index is 493. The lowest BCUT2D eigenvalue weighted by Gasteiger charge is -2.23. The van der Waals surface area contributed by atoms with Crippen molar-refractivity contribution in [1.82, 2.24) is 5.32 Å². The molecular weight excluding hydrogens is 252 g/mol. The second-order valence-electron chi connectivity index (χ2n) is 4.33. The molecule has 18 heavy (non-hydrogen) atoms. The lowest BCUT2D eigenvalue weighted by Crippen LogP contribution is -2.37. The third-order valence-electron chi connectivity index (χ3n) is 3.25. The second-order valence-corrected chi connectivity index (χ2v) is 6.57. The topological polar surface area (TPSA) is 58.6 Å². The van der Waals surface area contributed by atoms with Gasteiger partial charge in [0.15, 0.2) is 0 Å². The Labute approximate surface area is 108 Å². The summed E-state index contributed by atoms with van der Waals surface area (Å²) in [6.45, 7) is 1.29. The Morgan fingerprint density at radius 2 is 2.00 bits per heavy atom. The van der Waals surface area contributed by atoms with Gasteiger partial charge in [0, 0.05) is 13.6 Å². The predicted molar refractivity (Wildman–Crippen MR) is 71.6 cm³/mol. The molecule has 0 spiro atoms. The summed E-state index contributed by atoms with van der Waals surface area (Å²) >= 11 is 0. The summed E-state index contributed by atoms with van der Waals surface area (Å²) in [4.78, 5) is 0. The van der Waals surface area contributed by atoms with Crippen molar-refractivity contribution in [2.24, 2.45) is 0 Å². The summed E-state index contributed by atoms with van der Waals surface area (Å²) in [5, 5.41) is 2.75. The second kappa shape index (κ2) is 5.16. The highest BCUT2D eigenvalue weighted by molar-refractivity contribution is 7.93. The molecule has 1 aliphatic rings. The summed E-state index contributed by atoms with van der Waals surface area (Å²) in [6.07, 6.45) is 0.669. The zero-order chi connectivity index (χ0) is 13.2. The van der Waals surface area contributed by atoms with Crippen molar-refractivity contribution in [3.05, 3.63) is 24.3 Å². The van der Waals surface area contributed by atoms with Gasteiger partial charge in [-0.25, -0.2) is 8.42 Å². The van der Waals surface area contributed by atoms with Crippen LogP contribution in [0.25, 0.3) is 0 Å². The Balaban J connectivity index is 2.21. The van der Waals surface area contributed by atoms with E-state index in [0.717, 1.165) is 6.54 Å². The van der Waals surface area contributed by atoms with Crippen molar-refractivity contribution in [2.75, 3.05) is 31.6 Å². The van der Waals surface area contributed by atoms with Crippen molar-refractivity contribution in [2.45, 2.75) is 11.7 Å². The van der Waals surface area contributed by atoms with E-state index in [-0.39, 0.29) is 5.25 Å². The van der Waals surface area contributed by atoms with Crippen molar-refractivity contribution in [3.8, 4) is 5.75 Å². The number of nitrogens with one attached hydrogen (secondary N) is 1. The molecule has 1 unspecified atom stereocenters. The molecule has 1 atom stereocenters. The van der Waals surface area contributed by atoms with E-state index >= 15 is 0 Å². The van der Waals surface area contributed by atoms with E-state index in [1.54, 1.807) is 38.4 Å². The maximum atomic E-state index is 12.3. The number of benzene rings is 1. The largest absolute Gasteiger partial charge is 0.497 e. The first-order valence-corrected chi connectivity index (χ1v) is 7.38. The predicted octanol–water partition coefficient (Wildman–Crippen LogP) is 0.823. The van der Waals surface area contributed by atoms with E-state index in [2.05, 4.69) is 5.32 Å². The van der Waals surface area contributed by atoms with E-state index in [9.17, 15) is 8.42 Å². The van der Waals surface area contributed by atoms with Gasteiger partial charge in [0.25, 0.3) is 0 Å². The van der Waals surface area contributed by atoms with Gasteiger partial charge in [-0.3, -0.25) is 4.31 Å². The molecule has 100 valence electrons. The summed E-state index contributed by atoms with van der Waals surface area (Å²) in [7, 11) is -0.106. The maximum Gasteiger partial charge on any atom is 0.239 e. The van der Waals surface area contributed by atoms with Gasteiger partial charge in [-0.1, -0.05) is 0 Å². The average molecular weight is 270 g/mol. The first kappa shape index (κ1) is 13.2. The molecule has 1 aromatic carbocycles. The fourth-order valence-electron chi connectivity index (χ4n) is 2.05. The number of hydrogen-bond donors (Lipinski definition) is 1. The molecule has 0 amide bonds. The molecule has 1 aromatic rings. The van der Waals surface area contributed by atoms with Crippen molar-refractivity contribution in [3.63, 3.8) is 0 Å². The normalized spacial score (nSPS) is 19.8. The molecule has 0 aliphatic carbocycles. The van der Waals surface area contributed by atoms with Gasteiger partial charge in [-0.2, -0.15) is 0 Å². The van der Waals surface area contributed by atoms with Crippen molar-refractivity contribution in [1.29, 1.82) is 0 Å². The standard InChI is InChI=1S/C12H18N2O3S/c1-14(10-3-5-11(17-2)6-4-10)18(15,16)12-7-8-13-9-12/h3-6,12-13H,7-9H2,1-2H3. The Hall–Kier alpha value is -1.27. The molecule has 1 saturated heterocycles. The van der Waals surface area contributed by atoms with Gasteiger partial charge >= 0.3 is 0 Å². The molecule has 1 aliphatic heterocycles. The molecular formula is C12H18N2O3S. The van der Waals surface area contributed by atoms with Gasteiger partial charge in [0.1, 0.15) is 5.75 Å².